The molecule has 0 aliphatic carbocycles. The van der Waals surface area contributed by atoms with Crippen LogP contribution in [0.4, 0.5) is 5.69 Å². The van der Waals surface area contributed by atoms with Crippen molar-refractivity contribution in [1.82, 2.24) is 9.80 Å². The van der Waals surface area contributed by atoms with E-state index < -0.39 is 35.1 Å². The second-order valence-electron chi connectivity index (χ2n) is 12.2. The van der Waals surface area contributed by atoms with Gasteiger partial charge in [0, 0.05) is 25.3 Å². The van der Waals surface area contributed by atoms with Crippen LogP contribution in [0.2, 0.25) is 0 Å². The van der Waals surface area contributed by atoms with Crippen LogP contribution in [-0.2, 0) is 19.1 Å². The fourth-order valence-electron chi connectivity index (χ4n) is 7.57. The van der Waals surface area contributed by atoms with Crippen molar-refractivity contribution in [3.8, 4) is 0 Å². The summed E-state index contributed by atoms with van der Waals surface area (Å²) in [5.74, 6) is -2.53. The number of hydrogen-bond donors (Lipinski definition) is 1. The largest absolute Gasteiger partial charge is 0.394 e. The van der Waals surface area contributed by atoms with Gasteiger partial charge in [-0.15, -0.1) is 0 Å². The fraction of sp³-hybridized carbons (Fsp3) is 0.441. The van der Waals surface area contributed by atoms with Crippen LogP contribution in [0, 0.1) is 25.7 Å². The molecule has 220 valence electrons. The normalized spacial score (nSPS) is 31.1. The summed E-state index contributed by atoms with van der Waals surface area (Å²) in [5, 5.41) is 10.8. The molecular weight excluding hydrogens is 530 g/mol. The highest BCUT2D eigenvalue weighted by molar-refractivity contribution is 6.06. The van der Waals surface area contributed by atoms with E-state index >= 15 is 0 Å². The van der Waals surface area contributed by atoms with Gasteiger partial charge in [0.05, 0.1) is 30.1 Å². The molecule has 2 saturated heterocycles. The van der Waals surface area contributed by atoms with Crippen molar-refractivity contribution in [2.45, 2.75) is 57.4 Å². The first-order valence-electron chi connectivity index (χ1n) is 14.9. The Morgan fingerprint density at radius 1 is 0.952 bits per heavy atom. The van der Waals surface area contributed by atoms with Crippen molar-refractivity contribution >= 4 is 23.4 Å². The molecule has 4 heterocycles. The van der Waals surface area contributed by atoms with Gasteiger partial charge in [-0.3, -0.25) is 14.4 Å². The Morgan fingerprint density at radius 2 is 1.69 bits per heavy atom. The fourth-order valence-corrected chi connectivity index (χ4v) is 7.57. The van der Waals surface area contributed by atoms with E-state index in [0.29, 0.717) is 25.2 Å². The maximum absolute atomic E-state index is 14.9. The van der Waals surface area contributed by atoms with Gasteiger partial charge in [0.25, 0.3) is 5.91 Å². The summed E-state index contributed by atoms with van der Waals surface area (Å²) in [6.07, 6.45) is 8.37. The lowest BCUT2D eigenvalue weighted by atomic mass is 9.74. The number of fused-ring (bicyclic) bond motifs is 2. The molecule has 1 spiro atoms. The Bertz CT molecular complexity index is 1470. The highest BCUT2D eigenvalue weighted by Gasteiger charge is 2.75. The Labute approximate surface area is 247 Å². The molecule has 4 aliphatic heterocycles. The monoisotopic (exact) mass is 569 g/mol. The van der Waals surface area contributed by atoms with Gasteiger partial charge in [-0.1, -0.05) is 73.7 Å². The van der Waals surface area contributed by atoms with Crippen LogP contribution in [0.25, 0.3) is 0 Å². The first-order valence-corrected chi connectivity index (χ1v) is 14.9. The number of ether oxygens (including phenoxy) is 1. The first-order chi connectivity index (χ1) is 20.2. The Balaban J connectivity index is 1.55. The van der Waals surface area contributed by atoms with Crippen molar-refractivity contribution in [2.75, 3.05) is 31.1 Å². The molecule has 0 aromatic heterocycles. The molecule has 1 unspecified atom stereocenters. The number of carbonyl (C=O) groups is 3. The molecular formula is C34H39N3O5. The number of rotatable bonds is 6. The highest BCUT2D eigenvalue weighted by Crippen LogP contribution is 2.59. The van der Waals surface area contributed by atoms with E-state index in [4.69, 9.17) is 4.74 Å². The van der Waals surface area contributed by atoms with E-state index in [1.165, 1.54) is 4.90 Å². The molecule has 0 saturated carbocycles. The molecule has 0 bridgehead atoms. The predicted molar refractivity (Wildman–Crippen MR) is 160 cm³/mol. The van der Waals surface area contributed by atoms with E-state index in [0.717, 1.165) is 23.2 Å². The number of benzene rings is 2. The molecule has 3 amide bonds. The zero-order valence-electron chi connectivity index (χ0n) is 24.7. The number of hydrogen-bond acceptors (Lipinski definition) is 5. The second-order valence-corrected chi connectivity index (χ2v) is 12.2. The van der Waals surface area contributed by atoms with Gasteiger partial charge in [-0.2, -0.15) is 0 Å². The molecule has 8 nitrogen and oxygen atoms in total. The average molecular weight is 570 g/mol. The van der Waals surface area contributed by atoms with Crippen LogP contribution in [0.1, 0.15) is 43.0 Å². The first kappa shape index (κ1) is 28.4. The van der Waals surface area contributed by atoms with Crippen LogP contribution in [0.3, 0.4) is 0 Å². The molecule has 6 rings (SSSR count). The minimum Gasteiger partial charge on any atom is -0.394 e. The summed E-state index contributed by atoms with van der Waals surface area (Å²) < 4.78 is 6.95. The molecule has 6 atom stereocenters. The average Bonchev–Trinajstić information content (AvgIpc) is 3.25. The smallest absolute Gasteiger partial charge is 0.253 e. The van der Waals surface area contributed by atoms with Crippen LogP contribution in [0.15, 0.2) is 72.8 Å². The van der Waals surface area contributed by atoms with E-state index in [-0.39, 0.29) is 24.3 Å². The van der Waals surface area contributed by atoms with E-state index in [1.807, 2.05) is 101 Å². The number of aliphatic hydroxyl groups is 1. The summed E-state index contributed by atoms with van der Waals surface area (Å²) in [4.78, 5) is 48.9. The SMILES string of the molecule is CCCN1CC=C[C@]2(C)O[C@]34C=CCN(c5cc(C)ccc5C)C(=O)C3N([C@H](CO)c3ccccc3)C(=O)[C@@H]4[C@@H]2C1=O. The van der Waals surface area contributed by atoms with E-state index in [1.54, 1.807) is 9.80 Å². The second kappa shape index (κ2) is 10.5. The van der Waals surface area contributed by atoms with Crippen LogP contribution in [0.5, 0.6) is 0 Å². The molecule has 42 heavy (non-hydrogen) atoms. The van der Waals surface area contributed by atoms with Crippen LogP contribution < -0.4 is 4.90 Å². The number of anilines is 1. The lowest BCUT2D eigenvalue weighted by Crippen LogP contribution is -2.57. The number of aryl methyl sites for hydroxylation is 2. The number of aliphatic hydroxyl groups excluding tert-OH is 1. The minimum atomic E-state index is -1.39. The zero-order chi connectivity index (χ0) is 29.8. The number of likely N-dealkylation sites (tertiary alicyclic amines) is 1. The molecule has 2 aromatic rings. The van der Waals surface area contributed by atoms with Gasteiger partial charge in [0.2, 0.25) is 11.8 Å². The Morgan fingerprint density at radius 3 is 2.40 bits per heavy atom. The lowest BCUT2D eigenvalue weighted by Gasteiger charge is -2.40. The third kappa shape index (κ3) is 4.14. The quantitative estimate of drug-likeness (QED) is 0.536. The number of amides is 3. The van der Waals surface area contributed by atoms with Crippen molar-refractivity contribution < 1.29 is 24.2 Å². The standard InChI is InChI=1S/C34H39N3O5/c1-5-17-35-18-9-15-33(4)27(30(35)39)28-31(40)37(26(21-38)24-11-7-6-8-12-24)29-32(41)36(19-10-16-34(28,29)42-33)25-20-22(2)13-14-23(25)3/h6-16,20,26-29,38H,5,17-19,21H2,1-4H3/t26-,27-,28+,29?,33+,34+/m1/s1. The van der Waals surface area contributed by atoms with Gasteiger partial charge >= 0.3 is 0 Å². The van der Waals surface area contributed by atoms with Gasteiger partial charge < -0.3 is 24.5 Å². The van der Waals surface area contributed by atoms with Gasteiger partial charge in [0.15, 0.2) is 0 Å². The van der Waals surface area contributed by atoms with Gasteiger partial charge in [0.1, 0.15) is 11.6 Å². The molecule has 2 fully saturated rings. The van der Waals surface area contributed by atoms with Crippen LogP contribution >= 0.6 is 0 Å². The third-order valence-electron chi connectivity index (χ3n) is 9.42. The minimum absolute atomic E-state index is 0.142. The maximum Gasteiger partial charge on any atom is 0.253 e. The van der Waals surface area contributed by atoms with Gasteiger partial charge in [-0.25, -0.2) is 0 Å². The topological polar surface area (TPSA) is 90.4 Å². The molecule has 4 aliphatic rings. The molecule has 8 heteroatoms. The third-order valence-corrected chi connectivity index (χ3v) is 9.42. The van der Waals surface area contributed by atoms with Crippen molar-refractivity contribution in [1.29, 1.82) is 0 Å². The maximum atomic E-state index is 14.9. The van der Waals surface area contributed by atoms with Crippen molar-refractivity contribution in [3.63, 3.8) is 0 Å². The van der Waals surface area contributed by atoms with Crippen molar-refractivity contribution in [3.05, 3.63) is 89.5 Å². The molecule has 1 N–H and O–H groups in total. The zero-order valence-corrected chi connectivity index (χ0v) is 24.7. The van der Waals surface area contributed by atoms with E-state index in [2.05, 4.69) is 0 Å². The number of nitrogens with zero attached hydrogens (tertiary/aromatic N) is 3. The Hall–Kier alpha value is -3.75. The molecule has 2 aromatic carbocycles. The van der Waals surface area contributed by atoms with Crippen LogP contribution in [-0.4, -0.2) is 76.1 Å². The lowest BCUT2D eigenvalue weighted by molar-refractivity contribution is -0.151. The van der Waals surface area contributed by atoms with E-state index in [9.17, 15) is 19.5 Å². The van der Waals surface area contributed by atoms with Gasteiger partial charge in [-0.05, 0) is 49.9 Å². The molecule has 0 radical (unpaired) electrons. The predicted octanol–water partition coefficient (Wildman–Crippen LogP) is 3.72. The summed E-state index contributed by atoms with van der Waals surface area (Å²) in [5.41, 5.74) is 0.957. The highest BCUT2D eigenvalue weighted by atomic mass is 16.5. The summed E-state index contributed by atoms with van der Waals surface area (Å²) in [6.45, 7) is 8.74. The van der Waals surface area contributed by atoms with Crippen molar-refractivity contribution in [2.24, 2.45) is 11.8 Å². The summed E-state index contributed by atoms with van der Waals surface area (Å²) in [6, 6.07) is 13.4. The number of carbonyl (C=O) groups excluding carboxylic acids is 3. The summed E-state index contributed by atoms with van der Waals surface area (Å²) in [7, 11) is 0. The Kier molecular flexibility index (Phi) is 7.10. The summed E-state index contributed by atoms with van der Waals surface area (Å²) >= 11 is 0.